The molecule has 3 heteroatoms. The second kappa shape index (κ2) is 2.64. The van der Waals surface area contributed by atoms with Gasteiger partial charge >= 0.3 is 0 Å². The second-order valence-corrected chi connectivity index (χ2v) is 2.85. The Morgan fingerprint density at radius 1 is 1.78 bits per heavy atom. The monoisotopic (exact) mass is 130 g/mol. The number of hydrogen-bond acceptors (Lipinski definition) is 3. The zero-order chi connectivity index (χ0) is 6.85. The third-order valence-electron chi connectivity index (χ3n) is 1.48. The minimum absolute atomic E-state index is 0.0938. The van der Waals surface area contributed by atoms with Gasteiger partial charge in [-0.25, -0.2) is 0 Å². The highest BCUT2D eigenvalue weighted by Gasteiger charge is 2.23. The lowest BCUT2D eigenvalue weighted by atomic mass is 10.1. The van der Waals surface area contributed by atoms with Crippen molar-refractivity contribution in [3.05, 3.63) is 0 Å². The van der Waals surface area contributed by atoms with E-state index in [0.29, 0.717) is 0 Å². The number of likely N-dealkylation sites (tertiary alicyclic amines) is 1. The highest BCUT2D eigenvalue weighted by Crippen LogP contribution is 2.06. The van der Waals surface area contributed by atoms with E-state index in [2.05, 4.69) is 4.90 Å². The molecular weight excluding hydrogens is 116 g/mol. The fraction of sp³-hybridized carbons (Fsp3) is 1.00. The van der Waals surface area contributed by atoms with Crippen LogP contribution in [0.4, 0.5) is 0 Å². The number of rotatable bonds is 2. The number of β-amino-alcohol motifs (C(OH)–C–C–N with tert-alkyl or cyclic N) is 1. The quantitative estimate of drug-likeness (QED) is 0.504. The molecule has 1 unspecified atom stereocenters. The molecule has 1 heterocycles. The Kier molecular flexibility index (Phi) is 2.05. The fourth-order valence-electron chi connectivity index (χ4n) is 1.10. The first-order valence-corrected chi connectivity index (χ1v) is 3.34. The molecule has 1 aliphatic heterocycles. The Balaban J connectivity index is 2.04. The van der Waals surface area contributed by atoms with Crippen LogP contribution in [-0.2, 0) is 0 Å². The number of nitrogens with two attached hydrogens (primary N) is 1. The van der Waals surface area contributed by atoms with Gasteiger partial charge in [-0.2, -0.15) is 0 Å². The summed E-state index contributed by atoms with van der Waals surface area (Å²) in [7, 11) is 0. The highest BCUT2D eigenvalue weighted by molar-refractivity contribution is 4.80. The van der Waals surface area contributed by atoms with E-state index < -0.39 is 0 Å². The summed E-state index contributed by atoms with van der Waals surface area (Å²) in [5.74, 6) is 0. The summed E-state index contributed by atoms with van der Waals surface area (Å²) < 4.78 is 0. The molecule has 0 aromatic rings. The first kappa shape index (κ1) is 6.99. The van der Waals surface area contributed by atoms with E-state index in [0.717, 1.165) is 19.6 Å². The van der Waals surface area contributed by atoms with Gasteiger partial charge in [0.25, 0.3) is 0 Å². The molecule has 1 fully saturated rings. The van der Waals surface area contributed by atoms with Crippen LogP contribution in [0.25, 0.3) is 0 Å². The molecule has 0 amide bonds. The van der Waals surface area contributed by atoms with E-state index in [-0.39, 0.29) is 12.1 Å². The molecule has 1 atom stereocenters. The first-order chi connectivity index (χ1) is 4.18. The third kappa shape index (κ3) is 1.93. The highest BCUT2D eigenvalue weighted by atomic mass is 16.3. The van der Waals surface area contributed by atoms with Gasteiger partial charge in [0.15, 0.2) is 0 Å². The van der Waals surface area contributed by atoms with E-state index in [4.69, 9.17) is 10.8 Å². The summed E-state index contributed by atoms with van der Waals surface area (Å²) in [6.45, 7) is 4.50. The first-order valence-electron chi connectivity index (χ1n) is 3.34. The lowest BCUT2D eigenvalue weighted by molar-refractivity contribution is 0.000127. The van der Waals surface area contributed by atoms with Gasteiger partial charge in [0, 0.05) is 25.7 Å². The molecule has 9 heavy (non-hydrogen) atoms. The molecule has 1 saturated heterocycles. The molecule has 0 saturated carbocycles. The summed E-state index contributed by atoms with van der Waals surface area (Å²) >= 11 is 0. The van der Waals surface area contributed by atoms with Gasteiger partial charge in [-0.15, -0.1) is 0 Å². The second-order valence-electron chi connectivity index (χ2n) is 2.85. The van der Waals surface area contributed by atoms with Crippen LogP contribution < -0.4 is 5.73 Å². The Labute approximate surface area is 55.5 Å². The lowest BCUT2D eigenvalue weighted by Gasteiger charge is -2.36. The van der Waals surface area contributed by atoms with Crippen molar-refractivity contribution in [1.82, 2.24) is 4.90 Å². The molecule has 3 nitrogen and oxygen atoms in total. The SMILES string of the molecule is CC(N)CN1CC(O)C1. The molecular formula is C6H14N2O. The van der Waals surface area contributed by atoms with Crippen LogP contribution in [-0.4, -0.2) is 41.8 Å². The van der Waals surface area contributed by atoms with Crippen molar-refractivity contribution in [3.8, 4) is 0 Å². The molecule has 0 spiro atoms. The topological polar surface area (TPSA) is 49.5 Å². The average Bonchev–Trinajstić information content (AvgIpc) is 1.60. The molecule has 3 N–H and O–H groups in total. The van der Waals surface area contributed by atoms with Crippen LogP contribution in [0.5, 0.6) is 0 Å². The normalized spacial score (nSPS) is 25.7. The molecule has 0 aromatic heterocycles. The van der Waals surface area contributed by atoms with E-state index >= 15 is 0 Å². The minimum Gasteiger partial charge on any atom is -0.390 e. The van der Waals surface area contributed by atoms with Gasteiger partial charge < -0.3 is 10.8 Å². The molecule has 0 aliphatic carbocycles. The lowest BCUT2D eigenvalue weighted by Crippen LogP contribution is -2.53. The Hall–Kier alpha value is -0.120. The zero-order valence-electron chi connectivity index (χ0n) is 5.75. The van der Waals surface area contributed by atoms with Crippen molar-refractivity contribution in [2.75, 3.05) is 19.6 Å². The summed E-state index contributed by atoms with van der Waals surface area (Å²) in [5, 5.41) is 8.85. The van der Waals surface area contributed by atoms with Gasteiger partial charge in [0.1, 0.15) is 0 Å². The van der Waals surface area contributed by atoms with Crippen molar-refractivity contribution in [1.29, 1.82) is 0 Å². The van der Waals surface area contributed by atoms with Crippen molar-refractivity contribution in [2.24, 2.45) is 5.73 Å². The standard InChI is InChI=1S/C6H14N2O/c1-5(7)2-8-3-6(9)4-8/h5-6,9H,2-4,7H2,1H3. The summed E-state index contributed by atoms with van der Waals surface area (Å²) in [5.41, 5.74) is 5.52. The summed E-state index contributed by atoms with van der Waals surface area (Å²) in [6.07, 6.45) is -0.0938. The van der Waals surface area contributed by atoms with Crippen LogP contribution in [0, 0.1) is 0 Å². The van der Waals surface area contributed by atoms with Crippen LogP contribution >= 0.6 is 0 Å². The van der Waals surface area contributed by atoms with Gasteiger partial charge in [-0.3, -0.25) is 4.90 Å². The molecule has 1 rings (SSSR count). The Bertz CT molecular complexity index is 89.1. The molecule has 1 aliphatic rings. The molecule has 0 radical (unpaired) electrons. The average molecular weight is 130 g/mol. The smallest absolute Gasteiger partial charge is 0.0793 e. The van der Waals surface area contributed by atoms with Gasteiger partial charge in [0.05, 0.1) is 6.10 Å². The summed E-state index contributed by atoms with van der Waals surface area (Å²) in [6, 6.07) is 0.234. The van der Waals surface area contributed by atoms with Crippen molar-refractivity contribution >= 4 is 0 Å². The van der Waals surface area contributed by atoms with Crippen LogP contribution in [0.1, 0.15) is 6.92 Å². The zero-order valence-corrected chi connectivity index (χ0v) is 5.75. The molecule has 54 valence electrons. The maximum atomic E-state index is 8.85. The predicted molar refractivity (Wildman–Crippen MR) is 36.1 cm³/mol. The number of nitrogens with zero attached hydrogens (tertiary/aromatic N) is 1. The number of aliphatic hydroxyl groups excluding tert-OH is 1. The maximum Gasteiger partial charge on any atom is 0.0793 e. The van der Waals surface area contributed by atoms with Gasteiger partial charge in [0.2, 0.25) is 0 Å². The third-order valence-corrected chi connectivity index (χ3v) is 1.48. The predicted octanol–water partition coefficient (Wildman–Crippen LogP) is -0.990. The minimum atomic E-state index is -0.0938. The van der Waals surface area contributed by atoms with E-state index in [1.54, 1.807) is 0 Å². The Morgan fingerprint density at radius 2 is 2.33 bits per heavy atom. The van der Waals surface area contributed by atoms with Crippen LogP contribution in [0.2, 0.25) is 0 Å². The van der Waals surface area contributed by atoms with Crippen LogP contribution in [0.15, 0.2) is 0 Å². The van der Waals surface area contributed by atoms with E-state index in [1.807, 2.05) is 6.92 Å². The largest absolute Gasteiger partial charge is 0.390 e. The Morgan fingerprint density at radius 3 is 2.67 bits per heavy atom. The summed E-state index contributed by atoms with van der Waals surface area (Å²) in [4.78, 5) is 2.15. The van der Waals surface area contributed by atoms with Gasteiger partial charge in [-0.1, -0.05) is 0 Å². The maximum absolute atomic E-state index is 8.85. The molecule has 0 bridgehead atoms. The van der Waals surface area contributed by atoms with Crippen LogP contribution in [0.3, 0.4) is 0 Å². The fourth-order valence-corrected chi connectivity index (χ4v) is 1.10. The molecule has 0 aromatic carbocycles. The van der Waals surface area contributed by atoms with E-state index in [1.165, 1.54) is 0 Å². The van der Waals surface area contributed by atoms with Crippen molar-refractivity contribution < 1.29 is 5.11 Å². The number of hydrogen-bond donors (Lipinski definition) is 2. The van der Waals surface area contributed by atoms with Gasteiger partial charge in [-0.05, 0) is 6.92 Å². The van der Waals surface area contributed by atoms with Crippen molar-refractivity contribution in [3.63, 3.8) is 0 Å². The van der Waals surface area contributed by atoms with E-state index in [9.17, 15) is 0 Å². The number of aliphatic hydroxyl groups is 1. The van der Waals surface area contributed by atoms with Crippen molar-refractivity contribution in [2.45, 2.75) is 19.1 Å².